The summed E-state index contributed by atoms with van der Waals surface area (Å²) in [5.74, 6) is 1.07. The van der Waals surface area contributed by atoms with Crippen LogP contribution in [0.5, 0.6) is 11.5 Å². The molecule has 1 aromatic carbocycles. The van der Waals surface area contributed by atoms with Gasteiger partial charge in [-0.05, 0) is 72.5 Å². The first kappa shape index (κ1) is 24.3. The van der Waals surface area contributed by atoms with Gasteiger partial charge in [0.1, 0.15) is 4.32 Å². The summed E-state index contributed by atoms with van der Waals surface area (Å²) < 4.78 is 13.1. The molecule has 2 saturated heterocycles. The fourth-order valence-electron chi connectivity index (χ4n) is 3.43. The molecule has 2 aliphatic heterocycles. The summed E-state index contributed by atoms with van der Waals surface area (Å²) >= 11 is 8.89. The predicted molar refractivity (Wildman–Crippen MR) is 136 cm³/mol. The van der Waals surface area contributed by atoms with Gasteiger partial charge in [-0.25, -0.2) is 0 Å². The summed E-state index contributed by atoms with van der Waals surface area (Å²) in [6.45, 7) is 6.70. The van der Waals surface area contributed by atoms with Gasteiger partial charge in [-0.15, -0.1) is 0 Å². The lowest BCUT2D eigenvalue weighted by atomic mass is 10.1. The summed E-state index contributed by atoms with van der Waals surface area (Å²) in [5.41, 5.74) is 0.835. The molecule has 0 atom stereocenters. The number of thioether (sulfide) groups is 1. The summed E-state index contributed by atoms with van der Waals surface area (Å²) in [7, 11) is 0. The van der Waals surface area contributed by atoms with Crippen LogP contribution < -0.4 is 9.47 Å². The smallest absolute Gasteiger partial charge is 0.266 e. The van der Waals surface area contributed by atoms with Gasteiger partial charge in [-0.1, -0.05) is 37.3 Å². The van der Waals surface area contributed by atoms with Crippen LogP contribution in [0.25, 0.3) is 6.08 Å². The zero-order valence-corrected chi connectivity index (χ0v) is 21.6. The topological polar surface area (TPSA) is 59.1 Å². The zero-order chi connectivity index (χ0) is 22.4. The van der Waals surface area contributed by atoms with E-state index in [0.29, 0.717) is 33.9 Å². The number of hydrogen-bond donors (Lipinski definition) is 0. The fourth-order valence-corrected chi connectivity index (χ4v) is 5.52. The minimum Gasteiger partial charge on any atom is -0.490 e. The van der Waals surface area contributed by atoms with E-state index in [2.05, 4.69) is 29.5 Å². The maximum atomic E-state index is 12.7. The van der Waals surface area contributed by atoms with E-state index < -0.39 is 0 Å². The molecule has 0 N–H and O–H groups in total. The second kappa shape index (κ2) is 11.5. The molecule has 1 aromatic rings. The number of benzene rings is 1. The number of ether oxygens (including phenoxy) is 2. The van der Waals surface area contributed by atoms with Crippen LogP contribution in [0.15, 0.2) is 17.0 Å². The minimum atomic E-state index is -0.0482. The molecule has 2 aliphatic rings. The van der Waals surface area contributed by atoms with Crippen molar-refractivity contribution in [2.45, 2.75) is 39.5 Å². The van der Waals surface area contributed by atoms with Crippen molar-refractivity contribution < 1.29 is 19.1 Å². The van der Waals surface area contributed by atoms with Gasteiger partial charge in [-0.3, -0.25) is 14.5 Å². The molecule has 0 bridgehead atoms. The highest BCUT2D eigenvalue weighted by atomic mass is 127. The van der Waals surface area contributed by atoms with Gasteiger partial charge in [-0.2, -0.15) is 0 Å². The SMILES string of the molecule is CCCCN1C(=O)/C(=C/c2cc(I)c(OCC(=O)N3CCCC3)c(OCC)c2)SC1=S. The van der Waals surface area contributed by atoms with Gasteiger partial charge in [0, 0.05) is 19.6 Å². The maximum Gasteiger partial charge on any atom is 0.266 e. The lowest BCUT2D eigenvalue weighted by molar-refractivity contribution is -0.132. The standard InChI is InChI=1S/C22H27IN2O4S2/c1-3-5-10-25-21(27)18(31-22(25)30)13-15-11-16(23)20(17(12-15)28-4-2)29-14-19(26)24-8-6-7-9-24/h11-13H,3-10,14H2,1-2H3/b18-13-. The number of hydrogen-bond acceptors (Lipinski definition) is 6. The van der Waals surface area contributed by atoms with Gasteiger partial charge in [0.25, 0.3) is 11.8 Å². The molecule has 9 heteroatoms. The summed E-state index contributed by atoms with van der Waals surface area (Å²) in [6.07, 6.45) is 5.87. The predicted octanol–water partition coefficient (Wildman–Crippen LogP) is 4.69. The maximum absolute atomic E-state index is 12.7. The molecule has 3 rings (SSSR count). The summed E-state index contributed by atoms with van der Waals surface area (Å²) in [5, 5.41) is 0. The van der Waals surface area contributed by atoms with E-state index in [4.69, 9.17) is 21.7 Å². The van der Waals surface area contributed by atoms with Crippen molar-refractivity contribution in [1.82, 2.24) is 9.80 Å². The average Bonchev–Trinajstić information content (AvgIpc) is 3.35. The number of likely N-dealkylation sites (tertiary alicyclic amines) is 1. The highest BCUT2D eigenvalue weighted by molar-refractivity contribution is 14.1. The van der Waals surface area contributed by atoms with Gasteiger partial charge in [0.2, 0.25) is 0 Å². The van der Waals surface area contributed by atoms with Crippen molar-refractivity contribution in [3.8, 4) is 11.5 Å². The van der Waals surface area contributed by atoms with Crippen molar-refractivity contribution in [2.24, 2.45) is 0 Å². The van der Waals surface area contributed by atoms with Crippen LogP contribution in [-0.2, 0) is 9.59 Å². The second-order valence-electron chi connectivity index (χ2n) is 7.33. The molecule has 31 heavy (non-hydrogen) atoms. The first-order valence-electron chi connectivity index (χ1n) is 10.6. The van der Waals surface area contributed by atoms with E-state index >= 15 is 0 Å². The number of amides is 2. The van der Waals surface area contributed by atoms with Crippen molar-refractivity contribution >= 4 is 68.8 Å². The number of halogens is 1. The first-order chi connectivity index (χ1) is 14.9. The third kappa shape index (κ3) is 6.13. The van der Waals surface area contributed by atoms with Crippen LogP contribution in [0.4, 0.5) is 0 Å². The van der Waals surface area contributed by atoms with E-state index in [1.807, 2.05) is 30.0 Å². The monoisotopic (exact) mass is 574 g/mol. The number of thiocarbonyl (C=S) groups is 1. The van der Waals surface area contributed by atoms with Crippen LogP contribution in [0.1, 0.15) is 45.1 Å². The third-order valence-corrected chi connectivity index (χ3v) is 7.22. The molecule has 6 nitrogen and oxygen atoms in total. The Hall–Kier alpha value is -1.33. The largest absolute Gasteiger partial charge is 0.490 e. The molecule has 0 radical (unpaired) electrons. The molecule has 0 aromatic heterocycles. The Morgan fingerprint density at radius 2 is 2.00 bits per heavy atom. The Morgan fingerprint density at radius 3 is 2.68 bits per heavy atom. The van der Waals surface area contributed by atoms with E-state index in [-0.39, 0.29) is 18.4 Å². The summed E-state index contributed by atoms with van der Waals surface area (Å²) in [4.78, 5) is 29.2. The number of nitrogens with zero attached hydrogens (tertiary/aromatic N) is 2. The Bertz CT molecular complexity index is 885. The van der Waals surface area contributed by atoms with Gasteiger partial charge in [0.05, 0.1) is 15.1 Å². The number of unbranched alkanes of at least 4 members (excludes halogenated alkanes) is 1. The van der Waals surface area contributed by atoms with Crippen molar-refractivity contribution in [2.75, 3.05) is 32.8 Å². The molecular weight excluding hydrogens is 547 g/mol. The van der Waals surface area contributed by atoms with Gasteiger partial charge in [0.15, 0.2) is 18.1 Å². The lowest BCUT2D eigenvalue weighted by Crippen LogP contribution is -2.32. The van der Waals surface area contributed by atoms with E-state index in [1.165, 1.54) is 11.8 Å². The molecule has 0 aliphatic carbocycles. The Morgan fingerprint density at radius 1 is 1.26 bits per heavy atom. The fraction of sp³-hybridized carbons (Fsp3) is 0.500. The molecule has 2 heterocycles. The Kier molecular flexibility index (Phi) is 9.03. The minimum absolute atomic E-state index is 0.00409. The van der Waals surface area contributed by atoms with Crippen LogP contribution in [0, 0.1) is 3.57 Å². The Labute approximate surface area is 206 Å². The number of rotatable bonds is 9. The van der Waals surface area contributed by atoms with Crippen LogP contribution >= 0.6 is 46.6 Å². The molecule has 0 spiro atoms. The second-order valence-corrected chi connectivity index (χ2v) is 10.2. The molecule has 2 fully saturated rings. The first-order valence-corrected chi connectivity index (χ1v) is 12.9. The summed E-state index contributed by atoms with van der Waals surface area (Å²) in [6, 6.07) is 3.78. The highest BCUT2D eigenvalue weighted by Crippen LogP contribution is 2.37. The molecule has 0 saturated carbocycles. The number of carbonyl (C=O) groups is 2. The van der Waals surface area contributed by atoms with E-state index in [9.17, 15) is 9.59 Å². The van der Waals surface area contributed by atoms with Crippen molar-refractivity contribution in [1.29, 1.82) is 0 Å². The highest BCUT2D eigenvalue weighted by Gasteiger charge is 2.31. The molecule has 2 amide bonds. The average molecular weight is 575 g/mol. The lowest BCUT2D eigenvalue weighted by Gasteiger charge is -2.18. The van der Waals surface area contributed by atoms with Crippen molar-refractivity contribution in [3.05, 3.63) is 26.2 Å². The van der Waals surface area contributed by atoms with E-state index in [1.54, 1.807) is 4.90 Å². The van der Waals surface area contributed by atoms with Gasteiger partial charge < -0.3 is 14.4 Å². The quantitative estimate of drug-likeness (QED) is 0.242. The van der Waals surface area contributed by atoms with Crippen LogP contribution in [-0.4, -0.2) is 58.8 Å². The Balaban J connectivity index is 1.78. The molecular formula is C22H27IN2O4S2. The number of carbonyl (C=O) groups excluding carboxylic acids is 2. The molecule has 168 valence electrons. The normalized spacial score (nSPS) is 17.7. The van der Waals surface area contributed by atoms with Gasteiger partial charge >= 0.3 is 0 Å². The third-order valence-electron chi connectivity index (χ3n) is 5.04. The van der Waals surface area contributed by atoms with Crippen molar-refractivity contribution in [3.63, 3.8) is 0 Å². The van der Waals surface area contributed by atoms with Crippen LogP contribution in [0.3, 0.4) is 0 Å². The molecule has 0 unspecified atom stereocenters. The van der Waals surface area contributed by atoms with E-state index in [0.717, 1.165) is 47.9 Å². The van der Waals surface area contributed by atoms with Crippen LogP contribution in [0.2, 0.25) is 0 Å². The zero-order valence-electron chi connectivity index (χ0n) is 17.8.